The van der Waals surface area contributed by atoms with Crippen molar-refractivity contribution >= 4 is 22.8 Å². The minimum atomic E-state index is -5.04. The number of hydrogen-bond donors (Lipinski definition) is 2. The second kappa shape index (κ2) is 13.5. The smallest absolute Gasteiger partial charge is 0.434 e. The van der Waals surface area contributed by atoms with E-state index in [0.717, 1.165) is 25.5 Å². The molecule has 2 aromatic heterocycles. The number of rotatable bonds is 10. The Kier molecular flexibility index (Phi) is 9.50. The van der Waals surface area contributed by atoms with E-state index in [1.54, 1.807) is 25.4 Å². The number of ether oxygens (including phenoxy) is 2. The predicted octanol–water partition coefficient (Wildman–Crippen LogP) is 6.97. The van der Waals surface area contributed by atoms with Crippen LogP contribution in [0.5, 0.6) is 5.75 Å². The Morgan fingerprint density at radius 1 is 1.12 bits per heavy atom. The highest BCUT2D eigenvalue weighted by atomic mass is 19.4. The molecule has 0 radical (unpaired) electrons. The Bertz CT molecular complexity index is 1830. The molecule has 3 heterocycles. The van der Waals surface area contributed by atoms with Crippen molar-refractivity contribution in [2.75, 3.05) is 26.8 Å². The Labute approximate surface area is 298 Å². The van der Waals surface area contributed by atoms with E-state index in [-0.39, 0.29) is 61.3 Å². The van der Waals surface area contributed by atoms with Crippen LogP contribution in [0.25, 0.3) is 22.3 Å². The summed E-state index contributed by atoms with van der Waals surface area (Å²) in [5.74, 6) is -4.78. The first kappa shape index (κ1) is 36.5. The van der Waals surface area contributed by atoms with Gasteiger partial charge in [-0.15, -0.1) is 0 Å². The topological polar surface area (TPSA) is 119 Å². The lowest BCUT2D eigenvalue weighted by Crippen LogP contribution is -2.60. The van der Waals surface area contributed by atoms with Gasteiger partial charge in [-0.05, 0) is 88.2 Å². The summed E-state index contributed by atoms with van der Waals surface area (Å²) in [4.78, 5) is 36.1. The minimum absolute atomic E-state index is 0.0677. The number of nitrogens with one attached hydrogen (secondary N) is 1. The number of alkyl halides is 5. The molecular formula is C37H44F5N5O5. The summed E-state index contributed by atoms with van der Waals surface area (Å²) in [6, 6.07) is 5.14. The second-order valence-electron chi connectivity index (χ2n) is 15.5. The van der Waals surface area contributed by atoms with Crippen LogP contribution in [0.3, 0.4) is 0 Å². The van der Waals surface area contributed by atoms with Gasteiger partial charge in [0.2, 0.25) is 0 Å². The van der Waals surface area contributed by atoms with Crippen molar-refractivity contribution in [2.24, 2.45) is 17.8 Å². The molecule has 10 nitrogen and oxygen atoms in total. The van der Waals surface area contributed by atoms with Crippen LogP contribution in [0, 0.1) is 17.8 Å². The normalized spacial score (nSPS) is 29.4. The monoisotopic (exact) mass is 733 g/mol. The fourth-order valence-electron chi connectivity index (χ4n) is 9.26. The van der Waals surface area contributed by atoms with E-state index in [1.165, 1.54) is 0 Å². The van der Waals surface area contributed by atoms with Crippen LogP contribution in [0.4, 0.5) is 22.0 Å². The molecule has 5 atom stereocenters. The molecule has 3 aromatic rings. The van der Waals surface area contributed by atoms with Crippen LogP contribution < -0.4 is 10.1 Å². The first-order valence-electron chi connectivity index (χ1n) is 18.0. The fourth-order valence-corrected chi connectivity index (χ4v) is 9.26. The lowest BCUT2D eigenvalue weighted by molar-refractivity contribution is -0.151. The van der Waals surface area contributed by atoms with Crippen LogP contribution in [0.2, 0.25) is 0 Å². The number of carbonyl (C=O) groups excluding carboxylic acids is 1. The molecule has 4 fully saturated rings. The van der Waals surface area contributed by atoms with Crippen molar-refractivity contribution in [3.63, 3.8) is 0 Å². The number of likely N-dealkylation sites (tertiary alicyclic amines) is 1. The van der Waals surface area contributed by atoms with E-state index in [0.29, 0.717) is 54.5 Å². The maximum atomic E-state index is 14.6. The molecule has 3 saturated carbocycles. The molecule has 2 N–H and O–H groups in total. The summed E-state index contributed by atoms with van der Waals surface area (Å²) < 4.78 is 84.2. The van der Waals surface area contributed by atoms with Crippen LogP contribution in [0.1, 0.15) is 87.3 Å². The number of halogens is 5. The number of amides is 1. The van der Waals surface area contributed by atoms with Crippen LogP contribution >= 0.6 is 0 Å². The van der Waals surface area contributed by atoms with Crippen LogP contribution in [-0.2, 0) is 15.7 Å². The second-order valence-corrected chi connectivity index (χ2v) is 15.5. The van der Waals surface area contributed by atoms with Gasteiger partial charge < -0.3 is 24.5 Å². The molecule has 2 bridgehead atoms. The maximum absolute atomic E-state index is 14.6. The standard InChI is InChI=1S/C37H44F5N5O5/c1-20-10-22-12-23(11-20)36(14-22,34(49)50)45-33(48)28-15-43-32(44-31(28)37(40,41)42)29-16-47(21(2)17-51-3)30-13-26(8-9-27(29)30)52-25-6-4-24(5-7-25)46-18-35(38,39)19-46/h8-9,13,15-16,20-25H,4-7,10-12,14,17-19H2,1-3H3,(H,45,48)(H,49,50)/t20?,21-,22?,23?,24-,25+,36?/m1/s1. The highest BCUT2D eigenvalue weighted by Gasteiger charge is 2.56. The third-order valence-electron chi connectivity index (χ3n) is 11.6. The summed E-state index contributed by atoms with van der Waals surface area (Å²) in [5, 5.41) is 13.3. The summed E-state index contributed by atoms with van der Waals surface area (Å²) in [6.07, 6.45) is 2.37. The quantitative estimate of drug-likeness (QED) is 0.215. The van der Waals surface area contributed by atoms with Crippen molar-refractivity contribution < 1.29 is 46.1 Å². The van der Waals surface area contributed by atoms with Crippen molar-refractivity contribution in [3.05, 3.63) is 41.9 Å². The van der Waals surface area contributed by atoms with E-state index in [4.69, 9.17) is 9.47 Å². The maximum Gasteiger partial charge on any atom is 0.434 e. The first-order chi connectivity index (χ1) is 24.6. The first-order valence-corrected chi connectivity index (χ1v) is 18.0. The van der Waals surface area contributed by atoms with Gasteiger partial charge in [0, 0.05) is 42.6 Å². The van der Waals surface area contributed by atoms with Gasteiger partial charge in [-0.2, -0.15) is 13.2 Å². The Morgan fingerprint density at radius 2 is 1.85 bits per heavy atom. The molecule has 7 rings (SSSR count). The van der Waals surface area contributed by atoms with E-state index < -0.39 is 40.8 Å². The van der Waals surface area contributed by atoms with Crippen LogP contribution in [0.15, 0.2) is 30.6 Å². The summed E-state index contributed by atoms with van der Waals surface area (Å²) >= 11 is 0. The zero-order valence-electron chi connectivity index (χ0n) is 29.4. The number of methoxy groups -OCH3 is 1. The van der Waals surface area contributed by atoms with Gasteiger partial charge in [-0.3, -0.25) is 9.69 Å². The summed E-state index contributed by atoms with van der Waals surface area (Å²) in [7, 11) is 1.55. The third-order valence-corrected chi connectivity index (χ3v) is 11.6. The fraction of sp³-hybridized carbons (Fsp3) is 0.622. The summed E-state index contributed by atoms with van der Waals surface area (Å²) in [6.45, 7) is 3.81. The molecule has 3 aliphatic carbocycles. The Balaban J connectivity index is 1.16. The Hall–Kier alpha value is -3.85. The molecule has 4 unspecified atom stereocenters. The predicted molar refractivity (Wildman–Crippen MR) is 180 cm³/mol. The number of carboxylic acids is 1. The number of aliphatic carboxylic acids is 1. The number of hydrogen-bond acceptors (Lipinski definition) is 7. The van der Waals surface area contributed by atoms with Crippen molar-refractivity contribution in [3.8, 4) is 17.1 Å². The molecule has 15 heteroatoms. The van der Waals surface area contributed by atoms with E-state index in [2.05, 4.69) is 15.3 Å². The number of nitrogens with zero attached hydrogens (tertiary/aromatic N) is 4. The van der Waals surface area contributed by atoms with Gasteiger partial charge in [0.05, 0.1) is 42.9 Å². The zero-order chi connectivity index (χ0) is 37.2. The highest BCUT2D eigenvalue weighted by Crippen LogP contribution is 2.51. The highest BCUT2D eigenvalue weighted by molar-refractivity contribution is 6.00. The van der Waals surface area contributed by atoms with E-state index >= 15 is 0 Å². The van der Waals surface area contributed by atoms with Crippen LogP contribution in [-0.4, -0.2) is 86.8 Å². The average Bonchev–Trinajstić information content (AvgIpc) is 3.57. The summed E-state index contributed by atoms with van der Waals surface area (Å²) in [5.41, 5.74) is -3.00. The molecular weight excluding hydrogens is 689 g/mol. The molecule has 1 aromatic carbocycles. The lowest BCUT2D eigenvalue weighted by atomic mass is 9.78. The van der Waals surface area contributed by atoms with Crippen molar-refractivity contribution in [1.82, 2.24) is 24.8 Å². The van der Waals surface area contributed by atoms with E-state index in [1.807, 2.05) is 29.4 Å². The van der Waals surface area contributed by atoms with Crippen molar-refractivity contribution in [1.29, 1.82) is 0 Å². The van der Waals surface area contributed by atoms with Gasteiger partial charge in [-0.25, -0.2) is 23.5 Å². The number of benzene rings is 1. The van der Waals surface area contributed by atoms with Gasteiger partial charge in [0.15, 0.2) is 11.5 Å². The largest absolute Gasteiger partial charge is 0.490 e. The van der Waals surface area contributed by atoms with Gasteiger partial charge in [-0.1, -0.05) is 6.92 Å². The van der Waals surface area contributed by atoms with Gasteiger partial charge in [0.1, 0.15) is 11.3 Å². The SMILES string of the molecule is COC[C@@H](C)n1cc(-c2ncc(C(=O)NC3(C(=O)O)CC4CC(C)CC3C4)c(C(F)(F)F)n2)c2ccc(O[C@H]3CC[C@@H](N4CC(F)(F)C4)CC3)cc21. The number of fused-ring (bicyclic) bond motifs is 3. The van der Waals surface area contributed by atoms with Gasteiger partial charge in [0.25, 0.3) is 11.8 Å². The number of carboxylic acid groups (broad SMARTS) is 1. The van der Waals surface area contributed by atoms with Crippen molar-refractivity contribution in [2.45, 2.75) is 101 Å². The molecule has 0 spiro atoms. The molecule has 1 amide bonds. The molecule has 1 aliphatic heterocycles. The molecule has 1 saturated heterocycles. The lowest BCUT2D eigenvalue weighted by Gasteiger charge is -2.46. The van der Waals surface area contributed by atoms with E-state index in [9.17, 15) is 36.6 Å². The molecule has 4 aliphatic rings. The zero-order valence-corrected chi connectivity index (χ0v) is 29.4. The molecule has 52 heavy (non-hydrogen) atoms. The molecule has 282 valence electrons. The minimum Gasteiger partial charge on any atom is -0.490 e. The average molecular weight is 734 g/mol. The number of carbonyl (C=O) groups is 2. The Morgan fingerprint density at radius 3 is 2.50 bits per heavy atom. The third kappa shape index (κ3) is 6.85. The number of aromatic nitrogens is 3. The van der Waals surface area contributed by atoms with Gasteiger partial charge >= 0.3 is 12.1 Å².